The molecule has 0 aliphatic heterocycles. The first-order valence-corrected chi connectivity index (χ1v) is 11.6. The number of pyridine rings is 1. The quantitative estimate of drug-likeness (QED) is 0.260. The number of terminal acetylenes is 1. The van der Waals surface area contributed by atoms with Crippen LogP contribution in [-0.2, 0) is 0 Å². The van der Waals surface area contributed by atoms with Gasteiger partial charge >= 0.3 is 0 Å². The average Bonchev–Trinajstić information content (AvgIpc) is 3.25. The highest BCUT2D eigenvalue weighted by Crippen LogP contribution is 2.38. The maximum Gasteiger partial charge on any atom is 0.256 e. The Morgan fingerprint density at radius 2 is 1.78 bits per heavy atom. The molecule has 37 heavy (non-hydrogen) atoms. The summed E-state index contributed by atoms with van der Waals surface area (Å²) in [6.45, 7) is 3.40. The van der Waals surface area contributed by atoms with Gasteiger partial charge in [-0.05, 0) is 61.9 Å². The molecule has 0 radical (unpaired) electrons. The number of hydrogen-bond donors (Lipinski definition) is 2. The van der Waals surface area contributed by atoms with E-state index in [1.807, 2.05) is 0 Å². The van der Waals surface area contributed by atoms with Gasteiger partial charge in [0, 0.05) is 18.2 Å². The van der Waals surface area contributed by atoms with Gasteiger partial charge < -0.3 is 19.8 Å². The number of carbonyl (C=O) groups excluding carboxylic acids is 2. The molecule has 188 valence electrons. The van der Waals surface area contributed by atoms with Crippen LogP contribution in [0.5, 0.6) is 5.75 Å². The molecule has 0 fully saturated rings. The molecular weight excluding hydrogens is 497 g/mol. The van der Waals surface area contributed by atoms with Crippen LogP contribution in [0, 0.1) is 18.2 Å². The number of amides is 2. The highest BCUT2D eigenvalue weighted by Gasteiger charge is 2.25. The summed E-state index contributed by atoms with van der Waals surface area (Å²) in [6, 6.07) is 12.2. The molecule has 7 nitrogen and oxygen atoms in total. The molecule has 4 rings (SSSR count). The van der Waals surface area contributed by atoms with Gasteiger partial charge in [-0.15, -0.1) is 6.42 Å². The van der Waals surface area contributed by atoms with E-state index < -0.39 is 23.2 Å². The number of aromatic nitrogens is 1. The number of fused-ring (bicyclic) bond motifs is 1. The summed E-state index contributed by atoms with van der Waals surface area (Å²) >= 11 is 6.53. The fourth-order valence-corrected chi connectivity index (χ4v) is 4.04. The zero-order chi connectivity index (χ0) is 26.9. The first-order chi connectivity index (χ1) is 17.6. The maximum atomic E-state index is 13.5. The van der Waals surface area contributed by atoms with Gasteiger partial charge in [0.05, 0.1) is 29.2 Å². The van der Waals surface area contributed by atoms with Crippen molar-refractivity contribution in [3.63, 3.8) is 0 Å². The Bertz CT molecular complexity index is 1570. The van der Waals surface area contributed by atoms with Crippen molar-refractivity contribution in [3.8, 4) is 40.5 Å². The Hall–Kier alpha value is -4.35. The van der Waals surface area contributed by atoms with Gasteiger partial charge in [0.2, 0.25) is 5.71 Å². The number of hydrogen-bond acceptors (Lipinski definition) is 5. The fourth-order valence-electron chi connectivity index (χ4n) is 3.80. The summed E-state index contributed by atoms with van der Waals surface area (Å²) in [5, 5.41) is 5.87. The number of nitrogens with one attached hydrogen (secondary N) is 2. The third-order valence-corrected chi connectivity index (χ3v) is 6.03. The molecule has 0 atom stereocenters. The van der Waals surface area contributed by atoms with Gasteiger partial charge in [-0.2, -0.15) is 0 Å². The average molecular weight is 520 g/mol. The van der Waals surface area contributed by atoms with Crippen LogP contribution in [0.2, 0.25) is 5.15 Å². The summed E-state index contributed by atoms with van der Waals surface area (Å²) in [7, 11) is 2.95. The van der Waals surface area contributed by atoms with Gasteiger partial charge in [-0.25, -0.2) is 9.37 Å². The molecule has 2 aromatic heterocycles. The minimum absolute atomic E-state index is 0.0934. The zero-order valence-corrected chi connectivity index (χ0v) is 21.3. The molecule has 2 aromatic carbocycles. The van der Waals surface area contributed by atoms with Crippen LogP contribution in [-0.4, -0.2) is 36.5 Å². The third-order valence-electron chi connectivity index (χ3n) is 5.74. The van der Waals surface area contributed by atoms with Gasteiger partial charge in [-0.1, -0.05) is 23.6 Å². The molecule has 0 spiro atoms. The first kappa shape index (κ1) is 25.7. The Morgan fingerprint density at radius 3 is 2.41 bits per heavy atom. The van der Waals surface area contributed by atoms with Crippen LogP contribution in [0.4, 0.5) is 4.39 Å². The number of ether oxygens (including phenoxy) is 1. The molecule has 2 N–H and O–H groups in total. The Kier molecular flexibility index (Phi) is 6.92. The molecule has 2 amide bonds. The lowest BCUT2D eigenvalue weighted by Crippen LogP contribution is -2.42. The standard InChI is InChI=1S/C28H23ClFN3O4/c1-6-28(2,3)33-25(34)19-13-16(9-12-21(19)36-5)18-14-20-22(26(35)31-4)23(37-27(20)32-24(18)29)15-7-10-17(30)11-8-15/h1,7-14H,2-5H3,(H,31,35)(H,33,34). The highest BCUT2D eigenvalue weighted by atomic mass is 35.5. The number of furan rings is 1. The van der Waals surface area contributed by atoms with E-state index in [0.29, 0.717) is 27.8 Å². The van der Waals surface area contributed by atoms with E-state index in [1.54, 1.807) is 38.1 Å². The Morgan fingerprint density at radius 1 is 1.11 bits per heavy atom. The van der Waals surface area contributed by atoms with Crippen LogP contribution in [0.25, 0.3) is 33.6 Å². The largest absolute Gasteiger partial charge is 0.496 e. The Balaban J connectivity index is 1.90. The second-order valence-electron chi connectivity index (χ2n) is 8.71. The van der Waals surface area contributed by atoms with Crippen molar-refractivity contribution >= 4 is 34.5 Å². The van der Waals surface area contributed by atoms with Gasteiger partial charge in [-0.3, -0.25) is 9.59 Å². The molecule has 2 heterocycles. The normalized spacial score (nSPS) is 11.2. The number of benzene rings is 2. The molecular formula is C28H23ClFN3O4. The molecule has 0 unspecified atom stereocenters. The van der Waals surface area contributed by atoms with E-state index in [2.05, 4.69) is 21.5 Å². The molecule has 4 aromatic rings. The van der Waals surface area contributed by atoms with E-state index in [4.69, 9.17) is 27.2 Å². The van der Waals surface area contributed by atoms with Crippen molar-refractivity contribution in [2.75, 3.05) is 14.2 Å². The first-order valence-electron chi connectivity index (χ1n) is 11.2. The lowest BCUT2D eigenvalue weighted by Gasteiger charge is -2.20. The highest BCUT2D eigenvalue weighted by molar-refractivity contribution is 6.33. The summed E-state index contributed by atoms with van der Waals surface area (Å²) in [4.78, 5) is 30.3. The summed E-state index contributed by atoms with van der Waals surface area (Å²) in [5.74, 6) is 1.82. The van der Waals surface area contributed by atoms with Crippen molar-refractivity contribution in [1.82, 2.24) is 15.6 Å². The topological polar surface area (TPSA) is 93.5 Å². The van der Waals surface area contributed by atoms with Crippen molar-refractivity contribution in [2.24, 2.45) is 0 Å². The summed E-state index contributed by atoms with van der Waals surface area (Å²) in [6.07, 6.45) is 5.52. The van der Waals surface area contributed by atoms with E-state index in [0.717, 1.165) is 0 Å². The number of nitrogens with zero attached hydrogens (tertiary/aromatic N) is 1. The predicted octanol–water partition coefficient (Wildman–Crippen LogP) is 5.46. The maximum absolute atomic E-state index is 13.5. The fraction of sp³-hybridized carbons (Fsp3) is 0.179. The Labute approximate surface area is 218 Å². The number of rotatable bonds is 6. The second-order valence-corrected chi connectivity index (χ2v) is 9.07. The number of carbonyl (C=O) groups is 2. The van der Waals surface area contributed by atoms with Gasteiger partial charge in [0.1, 0.15) is 22.5 Å². The van der Waals surface area contributed by atoms with Crippen LogP contribution < -0.4 is 15.4 Å². The van der Waals surface area contributed by atoms with Crippen LogP contribution in [0.3, 0.4) is 0 Å². The minimum Gasteiger partial charge on any atom is -0.496 e. The molecule has 0 saturated heterocycles. The van der Waals surface area contributed by atoms with Gasteiger partial charge in [0.15, 0.2) is 0 Å². The number of methoxy groups -OCH3 is 1. The van der Waals surface area contributed by atoms with E-state index in [-0.39, 0.29) is 27.8 Å². The van der Waals surface area contributed by atoms with E-state index in [1.165, 1.54) is 38.4 Å². The lowest BCUT2D eigenvalue weighted by atomic mass is 9.99. The second kappa shape index (κ2) is 9.96. The smallest absolute Gasteiger partial charge is 0.256 e. The SMILES string of the molecule is C#CC(C)(C)NC(=O)c1cc(-c2cc3c(C(=O)NC)c(-c4ccc(F)cc4)oc3nc2Cl)ccc1OC. The monoisotopic (exact) mass is 519 g/mol. The molecule has 0 aliphatic carbocycles. The van der Waals surface area contributed by atoms with Crippen molar-refractivity contribution in [3.05, 3.63) is 70.6 Å². The zero-order valence-electron chi connectivity index (χ0n) is 20.5. The third kappa shape index (κ3) is 4.99. The minimum atomic E-state index is -0.883. The van der Waals surface area contributed by atoms with Crippen molar-refractivity contribution in [2.45, 2.75) is 19.4 Å². The number of halogens is 2. The summed E-state index contributed by atoms with van der Waals surface area (Å²) in [5.41, 5.74) is 1.22. The van der Waals surface area contributed by atoms with Crippen LogP contribution in [0.1, 0.15) is 34.6 Å². The molecule has 9 heteroatoms. The molecule has 0 bridgehead atoms. The van der Waals surface area contributed by atoms with Crippen molar-refractivity contribution in [1.29, 1.82) is 0 Å². The van der Waals surface area contributed by atoms with Gasteiger partial charge in [0.25, 0.3) is 11.8 Å². The molecule has 0 aliphatic rings. The lowest BCUT2D eigenvalue weighted by molar-refractivity contribution is 0.0925. The van der Waals surface area contributed by atoms with Crippen LogP contribution >= 0.6 is 11.6 Å². The van der Waals surface area contributed by atoms with E-state index in [9.17, 15) is 14.0 Å². The van der Waals surface area contributed by atoms with Crippen molar-refractivity contribution < 1.29 is 23.1 Å². The predicted molar refractivity (Wildman–Crippen MR) is 140 cm³/mol. The van der Waals surface area contributed by atoms with E-state index >= 15 is 0 Å². The summed E-state index contributed by atoms with van der Waals surface area (Å²) < 4.78 is 24.8. The van der Waals surface area contributed by atoms with Crippen LogP contribution in [0.15, 0.2) is 52.9 Å². The molecule has 0 saturated carbocycles.